The molecule has 0 amide bonds. The van der Waals surface area contributed by atoms with Crippen molar-refractivity contribution in [2.75, 3.05) is 6.61 Å². The number of rotatable bonds is 8. The van der Waals surface area contributed by atoms with Crippen molar-refractivity contribution in [1.29, 1.82) is 0 Å². The molecular formula is C9H14F2N3O14P3. The van der Waals surface area contributed by atoms with E-state index in [1.807, 2.05) is 0 Å². The second-order valence-corrected chi connectivity index (χ2v) is 10.4. The van der Waals surface area contributed by atoms with Crippen LogP contribution in [0.2, 0.25) is 0 Å². The average molecular weight is 519 g/mol. The highest BCUT2D eigenvalue weighted by Gasteiger charge is 2.56. The Hall–Kier alpha value is -1.20. The summed E-state index contributed by atoms with van der Waals surface area (Å²) < 4.78 is 77.8. The van der Waals surface area contributed by atoms with Gasteiger partial charge in [0.15, 0.2) is 11.9 Å². The van der Waals surface area contributed by atoms with Crippen LogP contribution in [-0.4, -0.2) is 63.9 Å². The molecule has 22 heteroatoms. The summed E-state index contributed by atoms with van der Waals surface area (Å²) >= 11 is 0. The first-order valence-electron chi connectivity index (χ1n) is 7.54. The minimum absolute atomic E-state index is 0.00475. The maximum Gasteiger partial charge on any atom is 0.490 e. The predicted octanol–water partition coefficient (Wildman–Crippen LogP) is -1.60. The quantitative estimate of drug-likeness (QED) is 0.211. The molecule has 31 heavy (non-hydrogen) atoms. The van der Waals surface area contributed by atoms with E-state index in [4.69, 9.17) is 19.4 Å². The van der Waals surface area contributed by atoms with Gasteiger partial charge in [0.05, 0.1) is 6.61 Å². The van der Waals surface area contributed by atoms with Gasteiger partial charge in [0.25, 0.3) is 5.95 Å². The number of halogens is 2. The van der Waals surface area contributed by atoms with E-state index in [0.29, 0.717) is 6.92 Å². The van der Waals surface area contributed by atoms with Crippen LogP contribution in [0.1, 0.15) is 13.2 Å². The lowest BCUT2D eigenvalue weighted by atomic mass is 9.99. The zero-order chi connectivity index (χ0) is 24.0. The van der Waals surface area contributed by atoms with Gasteiger partial charge in [0.2, 0.25) is 0 Å². The van der Waals surface area contributed by atoms with Gasteiger partial charge >= 0.3 is 34.7 Å². The van der Waals surface area contributed by atoms with Crippen LogP contribution in [0.4, 0.5) is 8.78 Å². The Kier molecular flexibility index (Phi) is 7.25. The SMILES string of the molecule is CC1(F)C(O)[C@@H](COP(=O)(O)OP(=O)(O)OP(=O)(O)O)O[C@H]1n1nc(F)c(=O)[nH]c1=O. The van der Waals surface area contributed by atoms with Crippen LogP contribution in [0.5, 0.6) is 0 Å². The van der Waals surface area contributed by atoms with Crippen molar-refractivity contribution in [3.8, 4) is 0 Å². The van der Waals surface area contributed by atoms with E-state index < -0.39 is 71.4 Å². The lowest BCUT2D eigenvalue weighted by Gasteiger charge is -2.23. The zero-order valence-electron chi connectivity index (χ0n) is 14.8. The van der Waals surface area contributed by atoms with Crippen LogP contribution in [0.3, 0.4) is 0 Å². The fraction of sp³-hybridized carbons (Fsp3) is 0.667. The number of nitrogens with one attached hydrogen (secondary N) is 1. The Balaban J connectivity index is 2.17. The number of alkyl halides is 1. The van der Waals surface area contributed by atoms with Gasteiger partial charge in [-0.25, -0.2) is 22.9 Å². The molecule has 1 aromatic rings. The molecular weight excluding hydrogens is 505 g/mol. The van der Waals surface area contributed by atoms with E-state index in [1.165, 1.54) is 4.98 Å². The molecule has 1 saturated heterocycles. The van der Waals surface area contributed by atoms with Crippen LogP contribution in [0.15, 0.2) is 9.59 Å². The number of H-pyrrole nitrogens is 1. The number of hydrogen-bond donors (Lipinski definition) is 6. The van der Waals surface area contributed by atoms with Gasteiger partial charge in [-0.2, -0.15) is 17.7 Å². The summed E-state index contributed by atoms with van der Waals surface area (Å²) in [5.41, 5.74) is -5.86. The van der Waals surface area contributed by atoms with E-state index in [9.17, 15) is 42.1 Å². The van der Waals surface area contributed by atoms with Crippen LogP contribution in [-0.2, 0) is 31.6 Å². The van der Waals surface area contributed by atoms with Crippen molar-refractivity contribution < 1.29 is 65.0 Å². The minimum Gasteiger partial charge on any atom is -0.387 e. The number of phosphoric acid groups is 3. The third kappa shape index (κ3) is 6.41. The fourth-order valence-corrected chi connectivity index (χ4v) is 5.36. The number of aliphatic hydroxyl groups excluding tert-OH is 1. The summed E-state index contributed by atoms with van der Waals surface area (Å²) in [5.74, 6) is -1.75. The van der Waals surface area contributed by atoms with Gasteiger partial charge in [-0.15, -0.1) is 5.10 Å². The number of nitrogens with zero attached hydrogens (tertiary/aromatic N) is 2. The Morgan fingerprint density at radius 1 is 1.19 bits per heavy atom. The van der Waals surface area contributed by atoms with Gasteiger partial charge in [-0.05, 0) is 6.92 Å². The van der Waals surface area contributed by atoms with Gasteiger partial charge in [-0.3, -0.25) is 14.3 Å². The standard InChI is InChI=1S/C9H14F2N3O14P3/c1-9(11)4(15)3(26-7(9)14-8(17)12-6(16)5(10)13-14)2-25-30(21,22)28-31(23,24)27-29(18,19)20/h3-4,7,15H,2H2,1H3,(H,21,22)(H,23,24)(H,12,16,17)(H2,18,19,20)/t3-,4?,7-,9?/m1/s1. The maximum absolute atomic E-state index is 14.9. The van der Waals surface area contributed by atoms with Crippen LogP contribution in [0, 0.1) is 5.95 Å². The Morgan fingerprint density at radius 3 is 2.32 bits per heavy atom. The van der Waals surface area contributed by atoms with Crippen LogP contribution in [0.25, 0.3) is 0 Å². The predicted molar refractivity (Wildman–Crippen MR) is 88.3 cm³/mol. The van der Waals surface area contributed by atoms with Crippen molar-refractivity contribution in [3.63, 3.8) is 0 Å². The summed E-state index contributed by atoms with van der Waals surface area (Å²) in [7, 11) is -17.1. The van der Waals surface area contributed by atoms with Crippen molar-refractivity contribution in [2.45, 2.75) is 31.0 Å². The second kappa shape index (κ2) is 8.62. The van der Waals surface area contributed by atoms with Crippen molar-refractivity contribution in [1.82, 2.24) is 14.8 Å². The van der Waals surface area contributed by atoms with Crippen LogP contribution < -0.4 is 11.2 Å². The number of aliphatic hydroxyl groups is 1. The third-order valence-corrected chi connectivity index (χ3v) is 7.37. The molecule has 1 aromatic heterocycles. The molecule has 1 fully saturated rings. The van der Waals surface area contributed by atoms with Crippen molar-refractivity contribution in [2.24, 2.45) is 0 Å². The molecule has 2 heterocycles. The monoisotopic (exact) mass is 519 g/mol. The summed E-state index contributed by atoms with van der Waals surface area (Å²) in [6.45, 7) is -0.592. The van der Waals surface area contributed by atoms with Gasteiger partial charge in [0, 0.05) is 0 Å². The molecule has 1 aliphatic rings. The number of aromatic amines is 1. The maximum atomic E-state index is 14.9. The van der Waals surface area contributed by atoms with Gasteiger partial charge in [-0.1, -0.05) is 0 Å². The largest absolute Gasteiger partial charge is 0.490 e. The third-order valence-electron chi connectivity index (χ3n) is 3.57. The Morgan fingerprint density at radius 2 is 1.77 bits per heavy atom. The van der Waals surface area contributed by atoms with E-state index in [0.717, 1.165) is 0 Å². The first-order chi connectivity index (χ1) is 13.8. The summed E-state index contributed by atoms with van der Waals surface area (Å²) in [4.78, 5) is 59.5. The van der Waals surface area contributed by atoms with Crippen LogP contribution >= 0.6 is 23.5 Å². The second-order valence-electron chi connectivity index (χ2n) is 6.00. The molecule has 6 N–H and O–H groups in total. The molecule has 17 nitrogen and oxygen atoms in total. The van der Waals surface area contributed by atoms with Crippen molar-refractivity contribution >= 4 is 23.5 Å². The van der Waals surface area contributed by atoms with Gasteiger partial charge in [0.1, 0.15) is 12.2 Å². The highest BCUT2D eigenvalue weighted by Crippen LogP contribution is 2.66. The molecule has 2 rings (SSSR count). The molecule has 178 valence electrons. The molecule has 0 aromatic carbocycles. The van der Waals surface area contributed by atoms with Crippen molar-refractivity contribution in [3.05, 3.63) is 26.8 Å². The van der Waals surface area contributed by atoms with E-state index in [1.54, 1.807) is 0 Å². The number of ether oxygens (including phenoxy) is 1. The molecule has 0 radical (unpaired) electrons. The Labute approximate surface area is 168 Å². The number of aromatic nitrogens is 3. The smallest absolute Gasteiger partial charge is 0.387 e. The lowest BCUT2D eigenvalue weighted by Crippen LogP contribution is -2.45. The summed E-state index contributed by atoms with van der Waals surface area (Å²) in [6, 6.07) is 0. The molecule has 0 spiro atoms. The fourth-order valence-electron chi connectivity index (χ4n) is 2.33. The first kappa shape index (κ1) is 26.1. The Bertz CT molecular complexity index is 1100. The van der Waals surface area contributed by atoms with E-state index >= 15 is 0 Å². The highest BCUT2D eigenvalue weighted by atomic mass is 31.3. The molecule has 0 aliphatic carbocycles. The van der Waals surface area contributed by atoms with E-state index in [-0.39, 0.29) is 4.68 Å². The number of phosphoric ester groups is 1. The normalized spacial score (nSPS) is 30.6. The molecule has 4 unspecified atom stereocenters. The lowest BCUT2D eigenvalue weighted by molar-refractivity contribution is -0.0692. The molecule has 0 saturated carbocycles. The zero-order valence-corrected chi connectivity index (χ0v) is 17.5. The summed E-state index contributed by atoms with van der Waals surface area (Å²) in [6.07, 6.45) is -6.29. The molecule has 6 atom stereocenters. The summed E-state index contributed by atoms with van der Waals surface area (Å²) in [5, 5.41) is 12.9. The highest BCUT2D eigenvalue weighted by molar-refractivity contribution is 7.66. The molecule has 0 bridgehead atoms. The minimum atomic E-state index is -5.82. The average Bonchev–Trinajstić information content (AvgIpc) is 2.76. The molecule has 1 aliphatic heterocycles. The number of hydrogen-bond acceptors (Lipinski definition) is 11. The topological polar surface area (TPSA) is 257 Å². The first-order valence-corrected chi connectivity index (χ1v) is 12.1. The van der Waals surface area contributed by atoms with E-state index in [2.05, 4.69) is 18.2 Å². The van der Waals surface area contributed by atoms with Gasteiger partial charge < -0.3 is 29.4 Å².